The molecule has 1 aromatic carbocycles. The van der Waals surface area contributed by atoms with Crippen LogP contribution in [0.15, 0.2) is 30.4 Å². The summed E-state index contributed by atoms with van der Waals surface area (Å²) in [5.74, 6) is -1.08. The molecule has 1 spiro atoms. The molecule has 2 bridgehead atoms. The summed E-state index contributed by atoms with van der Waals surface area (Å²) in [6, 6.07) is 5.20. The minimum absolute atomic E-state index is 0.0663. The van der Waals surface area contributed by atoms with Gasteiger partial charge in [0, 0.05) is 24.8 Å². The average molecular weight is 579 g/mol. The topological polar surface area (TPSA) is 91.0 Å². The molecule has 8 heteroatoms. The molecular weight excluding hydrogens is 528 g/mol. The maximum Gasteiger partial charge on any atom is 0.246 e. The van der Waals surface area contributed by atoms with Crippen molar-refractivity contribution in [1.29, 1.82) is 0 Å². The van der Waals surface area contributed by atoms with Crippen LogP contribution in [0.3, 0.4) is 0 Å². The second-order valence-corrected chi connectivity index (χ2v) is 13.3. The summed E-state index contributed by atoms with van der Waals surface area (Å²) in [6.07, 6.45) is 8.51. The number of aryl methyl sites for hydroxylation is 2. The number of benzene rings is 1. The van der Waals surface area contributed by atoms with E-state index in [1.165, 1.54) is 6.42 Å². The summed E-state index contributed by atoms with van der Waals surface area (Å²) in [7, 11) is 0. The van der Waals surface area contributed by atoms with Crippen molar-refractivity contribution in [1.82, 2.24) is 15.1 Å². The number of nitrogens with zero attached hydrogens (tertiary/aromatic N) is 2. The van der Waals surface area contributed by atoms with Crippen LogP contribution in [0.2, 0.25) is 0 Å². The predicted molar refractivity (Wildman–Crippen MR) is 165 cm³/mol. The van der Waals surface area contributed by atoms with Gasteiger partial charge in [0.05, 0.1) is 17.9 Å². The first kappa shape index (κ1) is 30.7. The number of likely N-dealkylation sites (tertiary alicyclic amines) is 1. The summed E-state index contributed by atoms with van der Waals surface area (Å²) in [6.45, 7) is 15.8. The fourth-order valence-electron chi connectivity index (χ4n) is 8.04. The highest BCUT2D eigenvalue weighted by Crippen LogP contribution is 2.55. The van der Waals surface area contributed by atoms with Gasteiger partial charge < -0.3 is 25.2 Å². The summed E-state index contributed by atoms with van der Waals surface area (Å²) in [4.78, 5) is 46.5. The first-order valence-corrected chi connectivity index (χ1v) is 16.2. The Hall–Kier alpha value is -2.71. The normalized spacial score (nSPS) is 33.4. The van der Waals surface area contributed by atoms with Gasteiger partial charge in [0.1, 0.15) is 11.6 Å². The third-order valence-corrected chi connectivity index (χ3v) is 10.2. The van der Waals surface area contributed by atoms with Crippen molar-refractivity contribution in [3.05, 3.63) is 41.5 Å². The SMILES string of the molecule is CCCN(CCC)CCN1C(=O)[C@@H]2[C@H](C(=O)Nc3cc(C)cc(C)c3)[C@@H]3C=C[C@@]2(O3)[C@@H]1C(=O)N[C@@H]1CCC[C@H](C)[C@H]1C. The standard InChI is InChI=1S/C34H50N4O4/c1-7-14-37(15-8-2)16-17-38-30(32(40)36-26-11-9-10-23(5)24(26)6)34-13-12-27(42-34)28(29(34)33(38)41)31(39)35-25-19-21(3)18-22(4)20-25/h12-13,18-20,23-24,26-30H,7-11,14-17H2,1-6H3,(H,35,39)(H,36,40)/t23-,24+,26+,27-,28+,29-,30-,34-/m0/s1. The number of rotatable bonds is 11. The summed E-state index contributed by atoms with van der Waals surface area (Å²) in [5.41, 5.74) is 1.69. The van der Waals surface area contributed by atoms with Gasteiger partial charge in [0.25, 0.3) is 0 Å². The van der Waals surface area contributed by atoms with Crippen molar-refractivity contribution in [2.75, 3.05) is 31.5 Å². The number of hydrogen-bond acceptors (Lipinski definition) is 5. The Kier molecular flexibility index (Phi) is 9.14. The molecular formula is C34H50N4O4. The van der Waals surface area contributed by atoms with Crippen molar-refractivity contribution < 1.29 is 19.1 Å². The lowest BCUT2D eigenvalue weighted by atomic mass is 9.73. The number of nitrogens with one attached hydrogen (secondary N) is 2. The highest BCUT2D eigenvalue weighted by molar-refractivity contribution is 6.02. The third kappa shape index (κ3) is 5.64. The Labute approximate surface area is 251 Å². The molecule has 42 heavy (non-hydrogen) atoms. The Morgan fingerprint density at radius 2 is 1.71 bits per heavy atom. The number of carbonyl (C=O) groups excluding carboxylic acids is 3. The van der Waals surface area contributed by atoms with Crippen molar-refractivity contribution in [3.63, 3.8) is 0 Å². The van der Waals surface area contributed by atoms with Crippen LogP contribution in [0, 0.1) is 37.5 Å². The van der Waals surface area contributed by atoms with E-state index in [-0.39, 0.29) is 23.8 Å². The summed E-state index contributed by atoms with van der Waals surface area (Å²) in [5, 5.41) is 6.42. The van der Waals surface area contributed by atoms with E-state index >= 15 is 0 Å². The van der Waals surface area contributed by atoms with Crippen molar-refractivity contribution in [3.8, 4) is 0 Å². The van der Waals surface area contributed by atoms with Crippen molar-refractivity contribution in [2.45, 2.75) is 97.4 Å². The van der Waals surface area contributed by atoms with Crippen molar-refractivity contribution in [2.24, 2.45) is 23.7 Å². The van der Waals surface area contributed by atoms with Crippen LogP contribution in [-0.2, 0) is 19.1 Å². The van der Waals surface area contributed by atoms with Gasteiger partial charge in [-0.3, -0.25) is 14.4 Å². The monoisotopic (exact) mass is 578 g/mol. The molecule has 3 amide bonds. The highest BCUT2D eigenvalue weighted by Gasteiger charge is 2.72. The van der Waals surface area contributed by atoms with E-state index in [2.05, 4.69) is 49.3 Å². The number of carbonyl (C=O) groups is 3. The van der Waals surface area contributed by atoms with Crippen LogP contribution in [0.25, 0.3) is 0 Å². The van der Waals surface area contributed by atoms with E-state index in [4.69, 9.17) is 4.74 Å². The summed E-state index contributed by atoms with van der Waals surface area (Å²) >= 11 is 0. The Morgan fingerprint density at radius 3 is 2.38 bits per heavy atom. The fraction of sp³-hybridized carbons (Fsp3) is 0.676. The second-order valence-electron chi connectivity index (χ2n) is 13.3. The molecule has 5 rings (SSSR count). The Morgan fingerprint density at radius 1 is 1.02 bits per heavy atom. The lowest BCUT2D eigenvalue weighted by Crippen LogP contribution is -2.58. The van der Waals surface area contributed by atoms with Gasteiger partial charge in [-0.15, -0.1) is 0 Å². The molecule has 4 aliphatic rings. The van der Waals surface area contributed by atoms with E-state index in [0.717, 1.165) is 49.9 Å². The van der Waals surface area contributed by atoms with Gasteiger partial charge in [0.2, 0.25) is 17.7 Å². The van der Waals surface area contributed by atoms with Gasteiger partial charge in [-0.1, -0.05) is 58.8 Å². The second kappa shape index (κ2) is 12.5. The Bertz CT molecular complexity index is 1190. The lowest BCUT2D eigenvalue weighted by molar-refractivity contribution is -0.141. The third-order valence-electron chi connectivity index (χ3n) is 10.2. The van der Waals surface area contributed by atoms with Crippen LogP contribution in [0.1, 0.15) is 70.9 Å². The van der Waals surface area contributed by atoms with Crippen LogP contribution in [0.4, 0.5) is 5.69 Å². The smallest absolute Gasteiger partial charge is 0.246 e. The molecule has 1 saturated carbocycles. The van der Waals surface area contributed by atoms with E-state index in [1.54, 1.807) is 4.90 Å². The van der Waals surface area contributed by atoms with Crippen LogP contribution in [-0.4, -0.2) is 77.5 Å². The molecule has 3 fully saturated rings. The molecule has 2 N–H and O–H groups in total. The molecule has 8 nitrogen and oxygen atoms in total. The van der Waals surface area contributed by atoms with Crippen LogP contribution in [0.5, 0.6) is 0 Å². The van der Waals surface area contributed by atoms with E-state index in [9.17, 15) is 14.4 Å². The van der Waals surface area contributed by atoms with Gasteiger partial charge in [-0.25, -0.2) is 0 Å². The summed E-state index contributed by atoms with van der Waals surface area (Å²) < 4.78 is 6.57. The lowest BCUT2D eigenvalue weighted by Gasteiger charge is -2.38. The van der Waals surface area contributed by atoms with Gasteiger partial charge in [-0.2, -0.15) is 0 Å². The largest absolute Gasteiger partial charge is 0.359 e. The van der Waals surface area contributed by atoms with E-state index in [0.29, 0.717) is 30.6 Å². The van der Waals surface area contributed by atoms with E-state index in [1.807, 2.05) is 38.1 Å². The van der Waals surface area contributed by atoms with Crippen LogP contribution < -0.4 is 10.6 Å². The zero-order valence-corrected chi connectivity index (χ0v) is 26.3. The molecule has 230 valence electrons. The molecule has 8 atom stereocenters. The van der Waals surface area contributed by atoms with Crippen molar-refractivity contribution >= 4 is 23.4 Å². The maximum absolute atomic E-state index is 14.3. The molecule has 3 heterocycles. The van der Waals surface area contributed by atoms with Gasteiger partial charge in [-0.05, 0) is 81.3 Å². The van der Waals surface area contributed by atoms with E-state index < -0.39 is 29.6 Å². The molecule has 0 unspecified atom stereocenters. The minimum Gasteiger partial charge on any atom is -0.359 e. The predicted octanol–water partition coefficient (Wildman–Crippen LogP) is 4.46. The quantitative estimate of drug-likeness (QED) is 0.379. The molecule has 0 aromatic heterocycles. The number of anilines is 1. The number of ether oxygens (including phenoxy) is 1. The Balaban J connectivity index is 1.43. The molecule has 2 saturated heterocycles. The highest BCUT2D eigenvalue weighted by atomic mass is 16.5. The first-order chi connectivity index (χ1) is 20.1. The van der Waals surface area contributed by atoms with Gasteiger partial charge in [0.15, 0.2) is 0 Å². The molecule has 3 aliphatic heterocycles. The number of amides is 3. The average Bonchev–Trinajstić information content (AvgIpc) is 3.57. The van der Waals surface area contributed by atoms with Gasteiger partial charge >= 0.3 is 0 Å². The number of hydrogen-bond donors (Lipinski definition) is 2. The molecule has 1 aliphatic carbocycles. The molecule has 1 aromatic rings. The minimum atomic E-state index is -1.14. The van der Waals surface area contributed by atoms with Crippen LogP contribution >= 0.6 is 0 Å². The fourth-order valence-corrected chi connectivity index (χ4v) is 8.04. The number of fused-ring (bicyclic) bond motifs is 1. The molecule has 0 radical (unpaired) electrons. The first-order valence-electron chi connectivity index (χ1n) is 16.2. The zero-order valence-electron chi connectivity index (χ0n) is 26.3. The maximum atomic E-state index is 14.3. The zero-order chi connectivity index (χ0) is 30.2.